The van der Waals surface area contributed by atoms with Gasteiger partial charge in [0.1, 0.15) is 11.5 Å². The topological polar surface area (TPSA) is 89.8 Å². The van der Waals surface area contributed by atoms with Gasteiger partial charge in [0, 0.05) is 12.1 Å². The van der Waals surface area contributed by atoms with Crippen LogP contribution in [-0.2, 0) is 0 Å². The monoisotopic (exact) mass is 239 g/mol. The van der Waals surface area contributed by atoms with Crippen molar-refractivity contribution < 1.29 is 20.1 Å². The highest BCUT2D eigenvalue weighted by Gasteiger charge is 2.22. The highest BCUT2D eigenvalue weighted by atomic mass is 16.3. The van der Waals surface area contributed by atoms with E-state index >= 15 is 0 Å². The van der Waals surface area contributed by atoms with Crippen molar-refractivity contribution in [1.82, 2.24) is 5.32 Å². The predicted octanol–water partition coefficient (Wildman–Crippen LogP) is 0.989. The lowest BCUT2D eigenvalue weighted by Crippen LogP contribution is -2.44. The number of carbonyl (C=O) groups excluding carboxylic acids is 1. The number of phenols is 2. The minimum absolute atomic E-state index is 0.0102. The normalized spacial score (nSPS) is 11.2. The molecule has 1 amide bonds. The Bertz CT molecular complexity index is 415. The summed E-state index contributed by atoms with van der Waals surface area (Å²) in [6, 6.07) is 3.74. The van der Waals surface area contributed by atoms with Gasteiger partial charge in [-0.3, -0.25) is 4.79 Å². The number of aliphatic hydroxyl groups is 1. The van der Waals surface area contributed by atoms with Crippen molar-refractivity contribution in [1.29, 1.82) is 0 Å². The molecular weight excluding hydrogens is 222 g/mol. The van der Waals surface area contributed by atoms with Gasteiger partial charge in [0.05, 0.1) is 5.56 Å². The van der Waals surface area contributed by atoms with Gasteiger partial charge in [-0.1, -0.05) is 0 Å². The number of aliphatic hydroxyl groups excluding tert-OH is 1. The van der Waals surface area contributed by atoms with E-state index in [0.29, 0.717) is 6.42 Å². The van der Waals surface area contributed by atoms with E-state index in [1.165, 1.54) is 18.2 Å². The summed E-state index contributed by atoms with van der Waals surface area (Å²) in [5.41, 5.74) is -0.569. The molecule has 4 N–H and O–H groups in total. The summed E-state index contributed by atoms with van der Waals surface area (Å²) in [5, 5.41) is 30.3. The molecule has 94 valence electrons. The first-order chi connectivity index (χ1) is 7.85. The second-order valence-corrected chi connectivity index (χ2v) is 4.51. The first-order valence-electron chi connectivity index (χ1n) is 5.31. The smallest absolute Gasteiger partial charge is 0.255 e. The summed E-state index contributed by atoms with van der Waals surface area (Å²) in [6.45, 7) is 3.49. The average molecular weight is 239 g/mol. The largest absolute Gasteiger partial charge is 0.508 e. The van der Waals surface area contributed by atoms with Crippen molar-refractivity contribution in [2.24, 2.45) is 0 Å². The lowest BCUT2D eigenvalue weighted by Gasteiger charge is -2.25. The molecule has 1 aromatic carbocycles. The number of phenolic OH excluding ortho intramolecular Hbond substituents is 2. The van der Waals surface area contributed by atoms with Crippen molar-refractivity contribution in [3.05, 3.63) is 23.8 Å². The van der Waals surface area contributed by atoms with Crippen molar-refractivity contribution in [2.75, 3.05) is 6.61 Å². The Balaban J connectivity index is 2.86. The van der Waals surface area contributed by atoms with Crippen molar-refractivity contribution in [3.8, 4) is 11.5 Å². The Kier molecular flexibility index (Phi) is 3.96. The highest BCUT2D eigenvalue weighted by Crippen LogP contribution is 2.22. The summed E-state index contributed by atoms with van der Waals surface area (Å²) in [6.07, 6.45) is 0.401. The van der Waals surface area contributed by atoms with E-state index in [1.54, 1.807) is 13.8 Å². The third-order valence-electron chi connectivity index (χ3n) is 2.41. The summed E-state index contributed by atoms with van der Waals surface area (Å²) in [7, 11) is 0. The van der Waals surface area contributed by atoms with E-state index in [4.69, 9.17) is 5.11 Å². The van der Waals surface area contributed by atoms with Crippen LogP contribution in [0.15, 0.2) is 18.2 Å². The van der Waals surface area contributed by atoms with Gasteiger partial charge in [0.15, 0.2) is 0 Å². The number of benzene rings is 1. The molecule has 0 bridgehead atoms. The third kappa shape index (κ3) is 3.64. The molecule has 0 aliphatic carbocycles. The first kappa shape index (κ1) is 13.3. The quantitative estimate of drug-likeness (QED) is 0.590. The summed E-state index contributed by atoms with van der Waals surface area (Å²) in [5.74, 6) is -0.773. The molecule has 0 unspecified atom stereocenters. The molecule has 0 aliphatic heterocycles. The van der Waals surface area contributed by atoms with Crippen molar-refractivity contribution in [2.45, 2.75) is 25.8 Å². The number of aromatic hydroxyl groups is 2. The fourth-order valence-electron chi connectivity index (χ4n) is 1.42. The fourth-order valence-corrected chi connectivity index (χ4v) is 1.42. The van der Waals surface area contributed by atoms with Crippen molar-refractivity contribution >= 4 is 5.91 Å². The Labute approximate surface area is 99.7 Å². The van der Waals surface area contributed by atoms with E-state index < -0.39 is 11.4 Å². The molecule has 0 spiro atoms. The zero-order valence-corrected chi connectivity index (χ0v) is 9.90. The molecule has 5 heteroatoms. The van der Waals surface area contributed by atoms with E-state index in [9.17, 15) is 15.0 Å². The molecule has 0 aliphatic rings. The Morgan fingerprint density at radius 3 is 2.59 bits per heavy atom. The van der Waals surface area contributed by atoms with Crippen LogP contribution in [0.25, 0.3) is 0 Å². The molecule has 0 aromatic heterocycles. The highest BCUT2D eigenvalue weighted by molar-refractivity contribution is 5.97. The zero-order valence-electron chi connectivity index (χ0n) is 9.90. The summed E-state index contributed by atoms with van der Waals surface area (Å²) < 4.78 is 0. The number of hydrogen-bond acceptors (Lipinski definition) is 4. The molecule has 5 nitrogen and oxygen atoms in total. The number of nitrogens with one attached hydrogen (secondary N) is 1. The minimum Gasteiger partial charge on any atom is -0.508 e. The number of amides is 1. The van der Waals surface area contributed by atoms with Crippen LogP contribution in [0.5, 0.6) is 11.5 Å². The molecule has 0 saturated carbocycles. The lowest BCUT2D eigenvalue weighted by molar-refractivity contribution is 0.0896. The zero-order chi connectivity index (χ0) is 13.1. The van der Waals surface area contributed by atoms with Gasteiger partial charge in [-0.05, 0) is 38.5 Å². The van der Waals surface area contributed by atoms with Crippen LogP contribution in [0.1, 0.15) is 30.6 Å². The fraction of sp³-hybridized carbons (Fsp3) is 0.417. The van der Waals surface area contributed by atoms with E-state index in [1.807, 2.05) is 0 Å². The van der Waals surface area contributed by atoms with Crippen LogP contribution >= 0.6 is 0 Å². The number of hydrogen-bond donors (Lipinski definition) is 4. The van der Waals surface area contributed by atoms with Crippen molar-refractivity contribution in [3.63, 3.8) is 0 Å². The molecule has 0 atom stereocenters. The average Bonchev–Trinajstić information content (AvgIpc) is 2.20. The first-order valence-corrected chi connectivity index (χ1v) is 5.31. The van der Waals surface area contributed by atoms with E-state index in [-0.39, 0.29) is 23.7 Å². The maximum Gasteiger partial charge on any atom is 0.255 e. The third-order valence-corrected chi connectivity index (χ3v) is 2.41. The molecule has 1 rings (SSSR count). The van der Waals surface area contributed by atoms with Crippen LogP contribution in [-0.4, -0.2) is 33.4 Å². The maximum atomic E-state index is 11.8. The SMILES string of the molecule is CC(C)(CCO)NC(=O)c1cc(O)ccc1O. The van der Waals surface area contributed by atoms with Gasteiger partial charge in [0.2, 0.25) is 0 Å². The van der Waals surface area contributed by atoms with Gasteiger partial charge in [-0.25, -0.2) is 0 Å². The molecule has 0 heterocycles. The molecular formula is C12H17NO4. The molecule has 1 aromatic rings. The number of carbonyl (C=O) groups is 1. The van der Waals surface area contributed by atoms with E-state index in [0.717, 1.165) is 0 Å². The van der Waals surface area contributed by atoms with Crippen LogP contribution < -0.4 is 5.32 Å². The Morgan fingerprint density at radius 2 is 2.00 bits per heavy atom. The van der Waals surface area contributed by atoms with Gasteiger partial charge in [-0.15, -0.1) is 0 Å². The van der Waals surface area contributed by atoms with Crippen LogP contribution in [0.2, 0.25) is 0 Å². The number of rotatable bonds is 4. The van der Waals surface area contributed by atoms with Crippen LogP contribution in [0.4, 0.5) is 0 Å². The molecule has 0 radical (unpaired) electrons. The Morgan fingerprint density at radius 1 is 1.35 bits per heavy atom. The summed E-state index contributed by atoms with van der Waals surface area (Å²) >= 11 is 0. The summed E-state index contributed by atoms with van der Waals surface area (Å²) in [4.78, 5) is 11.8. The minimum atomic E-state index is -0.580. The van der Waals surface area contributed by atoms with Gasteiger partial charge in [0.25, 0.3) is 5.91 Å². The second-order valence-electron chi connectivity index (χ2n) is 4.51. The standard InChI is InChI=1S/C12H17NO4/c1-12(2,5-6-14)13-11(17)9-7-8(15)3-4-10(9)16/h3-4,7,14-16H,5-6H2,1-2H3,(H,13,17). The van der Waals surface area contributed by atoms with Crippen LogP contribution in [0.3, 0.4) is 0 Å². The Hall–Kier alpha value is -1.75. The molecule has 17 heavy (non-hydrogen) atoms. The van der Waals surface area contributed by atoms with E-state index in [2.05, 4.69) is 5.32 Å². The van der Waals surface area contributed by atoms with Gasteiger partial charge >= 0.3 is 0 Å². The molecule has 0 saturated heterocycles. The predicted molar refractivity (Wildman–Crippen MR) is 63.0 cm³/mol. The maximum absolute atomic E-state index is 11.8. The molecule has 0 fully saturated rings. The lowest BCUT2D eigenvalue weighted by atomic mass is 10.0. The second kappa shape index (κ2) is 5.05. The van der Waals surface area contributed by atoms with Gasteiger partial charge < -0.3 is 20.6 Å². The van der Waals surface area contributed by atoms with Gasteiger partial charge in [-0.2, -0.15) is 0 Å². The van der Waals surface area contributed by atoms with Crippen LogP contribution in [0, 0.1) is 0 Å².